The van der Waals surface area contributed by atoms with E-state index >= 15 is 0 Å². The van der Waals surface area contributed by atoms with E-state index in [1.54, 1.807) is 0 Å². The van der Waals surface area contributed by atoms with E-state index in [1.165, 1.54) is 42.6 Å². The maximum atomic E-state index is 5.80. The van der Waals surface area contributed by atoms with Crippen molar-refractivity contribution in [1.82, 2.24) is 24.7 Å². The van der Waals surface area contributed by atoms with Gasteiger partial charge in [-0.3, -0.25) is 4.98 Å². The second-order valence-corrected chi connectivity index (χ2v) is 9.14. The van der Waals surface area contributed by atoms with Crippen LogP contribution in [0.3, 0.4) is 0 Å². The summed E-state index contributed by atoms with van der Waals surface area (Å²) in [4.78, 5) is 9.26. The average Bonchev–Trinajstić information content (AvgIpc) is 3.39. The lowest BCUT2D eigenvalue weighted by Gasteiger charge is -2.29. The van der Waals surface area contributed by atoms with E-state index in [4.69, 9.17) is 12.2 Å². The molecule has 6 heteroatoms. The van der Waals surface area contributed by atoms with Gasteiger partial charge in [-0.2, -0.15) is 0 Å². The van der Waals surface area contributed by atoms with Gasteiger partial charge in [0.25, 0.3) is 0 Å². The molecule has 2 aromatic rings. The summed E-state index contributed by atoms with van der Waals surface area (Å²) >= 11 is 5.80. The summed E-state index contributed by atoms with van der Waals surface area (Å²) in [7, 11) is 4.23. The van der Waals surface area contributed by atoms with Crippen molar-refractivity contribution in [3.05, 3.63) is 53.1 Å². The van der Waals surface area contributed by atoms with Crippen molar-refractivity contribution in [3.63, 3.8) is 0 Å². The Morgan fingerprint density at radius 2 is 1.97 bits per heavy atom. The number of hydrogen-bond donors (Lipinski definition) is 1. The topological polar surface area (TPSA) is 36.3 Å². The maximum absolute atomic E-state index is 5.80. The normalized spacial score (nSPS) is 22.7. The van der Waals surface area contributed by atoms with Gasteiger partial charge in [0.15, 0.2) is 5.11 Å². The van der Waals surface area contributed by atoms with E-state index in [-0.39, 0.29) is 12.1 Å². The summed E-state index contributed by atoms with van der Waals surface area (Å²) in [5.74, 6) is 0. The molecule has 156 valence electrons. The molecule has 2 atom stereocenters. The molecule has 0 bridgehead atoms. The Balaban J connectivity index is 1.75. The van der Waals surface area contributed by atoms with Crippen LogP contribution in [0.5, 0.6) is 0 Å². The first-order chi connectivity index (χ1) is 14.0. The fraction of sp³-hybridized carbons (Fsp3) is 0.565. The molecule has 3 heterocycles. The molecular formula is C23H33N5S. The van der Waals surface area contributed by atoms with Crippen LogP contribution in [-0.2, 0) is 0 Å². The van der Waals surface area contributed by atoms with Crippen molar-refractivity contribution in [2.45, 2.75) is 57.7 Å². The number of likely N-dealkylation sites (N-methyl/N-ethyl adjacent to an activating group) is 1. The molecule has 0 spiro atoms. The SMILES string of the molecule is Cc1cc([C@H]2[C@@H](c3ccccn3)NC(=S)N2CCN(C)C)c(C)n1C1CCCC1. The molecule has 1 aliphatic heterocycles. The van der Waals surface area contributed by atoms with Crippen LogP contribution < -0.4 is 5.32 Å². The molecule has 4 rings (SSSR count). The first kappa shape index (κ1) is 20.4. The van der Waals surface area contributed by atoms with Crippen molar-refractivity contribution < 1.29 is 0 Å². The summed E-state index contributed by atoms with van der Waals surface area (Å²) < 4.78 is 2.59. The van der Waals surface area contributed by atoms with E-state index in [9.17, 15) is 0 Å². The molecule has 5 nitrogen and oxygen atoms in total. The first-order valence-corrected chi connectivity index (χ1v) is 11.2. The summed E-state index contributed by atoms with van der Waals surface area (Å²) in [6.45, 7) is 6.42. The average molecular weight is 412 g/mol. The summed E-state index contributed by atoms with van der Waals surface area (Å²) in [6.07, 6.45) is 7.16. The molecule has 1 saturated heterocycles. The van der Waals surface area contributed by atoms with E-state index < -0.39 is 0 Å². The van der Waals surface area contributed by atoms with Gasteiger partial charge in [0.1, 0.15) is 0 Å². The Kier molecular flexibility index (Phi) is 5.93. The van der Waals surface area contributed by atoms with E-state index in [0.29, 0.717) is 6.04 Å². The number of hydrogen-bond acceptors (Lipinski definition) is 3. The Hall–Kier alpha value is -1.92. The minimum atomic E-state index is 0.0726. The summed E-state index contributed by atoms with van der Waals surface area (Å²) in [5.41, 5.74) is 5.20. The number of thiocarbonyl (C=S) groups is 1. The zero-order chi connectivity index (χ0) is 20.5. The van der Waals surface area contributed by atoms with Crippen molar-refractivity contribution in [1.29, 1.82) is 0 Å². The van der Waals surface area contributed by atoms with Crippen LogP contribution in [0.15, 0.2) is 30.5 Å². The van der Waals surface area contributed by atoms with Gasteiger partial charge in [0.2, 0.25) is 0 Å². The van der Waals surface area contributed by atoms with Gasteiger partial charge < -0.3 is 19.7 Å². The predicted molar refractivity (Wildman–Crippen MR) is 122 cm³/mol. The lowest BCUT2D eigenvalue weighted by molar-refractivity contribution is 0.276. The zero-order valence-corrected chi connectivity index (χ0v) is 18.9. The highest BCUT2D eigenvalue weighted by Gasteiger charge is 2.41. The van der Waals surface area contributed by atoms with Gasteiger partial charge in [-0.15, -0.1) is 0 Å². The largest absolute Gasteiger partial charge is 0.352 e. The molecule has 2 fully saturated rings. The monoisotopic (exact) mass is 411 g/mol. The number of nitrogens with one attached hydrogen (secondary N) is 1. The predicted octanol–water partition coefficient (Wildman–Crippen LogP) is 4.15. The molecule has 0 aromatic carbocycles. The third-order valence-corrected chi connectivity index (χ3v) is 6.87. The van der Waals surface area contributed by atoms with Crippen molar-refractivity contribution >= 4 is 17.3 Å². The highest BCUT2D eigenvalue weighted by atomic mass is 32.1. The van der Waals surface area contributed by atoms with Gasteiger partial charge in [0.05, 0.1) is 17.8 Å². The standard InChI is InChI=1S/C23H33N5S/c1-16-15-19(17(2)28(16)18-9-5-6-10-18)22-21(20-11-7-8-12-24-20)25-23(29)27(22)14-13-26(3)4/h7-8,11-12,15,18,21-22H,5-6,9-10,13-14H2,1-4H3,(H,25,29)/t21-,22+/m1/s1. The Bertz CT molecular complexity index is 854. The molecule has 1 N–H and O–H groups in total. The fourth-order valence-corrected chi connectivity index (χ4v) is 5.45. The van der Waals surface area contributed by atoms with Crippen LogP contribution in [0.25, 0.3) is 0 Å². The highest BCUT2D eigenvalue weighted by Crippen LogP contribution is 2.42. The van der Waals surface area contributed by atoms with Crippen molar-refractivity contribution in [3.8, 4) is 0 Å². The molecule has 1 aliphatic carbocycles. The molecule has 2 aliphatic rings. The van der Waals surface area contributed by atoms with Crippen LogP contribution in [0.1, 0.15) is 66.5 Å². The van der Waals surface area contributed by atoms with E-state index in [2.05, 4.69) is 70.8 Å². The van der Waals surface area contributed by atoms with Gasteiger partial charge >= 0.3 is 0 Å². The third kappa shape index (κ3) is 3.92. The molecule has 0 unspecified atom stereocenters. The maximum Gasteiger partial charge on any atom is 0.170 e. The fourth-order valence-electron chi connectivity index (χ4n) is 5.12. The quantitative estimate of drug-likeness (QED) is 0.723. The Morgan fingerprint density at radius 3 is 2.62 bits per heavy atom. The Morgan fingerprint density at radius 1 is 1.21 bits per heavy atom. The molecule has 29 heavy (non-hydrogen) atoms. The highest BCUT2D eigenvalue weighted by molar-refractivity contribution is 7.80. The van der Waals surface area contributed by atoms with Crippen LogP contribution in [0.2, 0.25) is 0 Å². The van der Waals surface area contributed by atoms with Crippen molar-refractivity contribution in [2.24, 2.45) is 0 Å². The smallest absolute Gasteiger partial charge is 0.170 e. The van der Waals surface area contributed by atoms with E-state index in [0.717, 1.165) is 23.9 Å². The van der Waals surface area contributed by atoms with Gasteiger partial charge in [-0.1, -0.05) is 18.9 Å². The number of pyridine rings is 1. The molecule has 0 amide bonds. The zero-order valence-electron chi connectivity index (χ0n) is 18.1. The minimum absolute atomic E-state index is 0.0726. The molecule has 1 saturated carbocycles. The van der Waals surface area contributed by atoms with Crippen molar-refractivity contribution in [2.75, 3.05) is 27.2 Å². The summed E-state index contributed by atoms with van der Waals surface area (Å²) in [6, 6.07) is 9.43. The number of aryl methyl sites for hydroxylation is 1. The first-order valence-electron chi connectivity index (χ1n) is 10.8. The molecule has 2 aromatic heterocycles. The number of rotatable bonds is 6. The lowest BCUT2D eigenvalue weighted by atomic mass is 9.96. The second-order valence-electron chi connectivity index (χ2n) is 8.76. The Labute approximate surface area is 180 Å². The molecular weight excluding hydrogens is 378 g/mol. The van der Waals surface area contributed by atoms with E-state index in [1.807, 2.05) is 12.3 Å². The van der Waals surface area contributed by atoms with Crippen LogP contribution in [0.4, 0.5) is 0 Å². The minimum Gasteiger partial charge on any atom is -0.352 e. The van der Waals surface area contributed by atoms with Crippen LogP contribution >= 0.6 is 12.2 Å². The van der Waals surface area contributed by atoms with Gasteiger partial charge in [-0.25, -0.2) is 0 Å². The van der Waals surface area contributed by atoms with Crippen LogP contribution in [0, 0.1) is 13.8 Å². The second kappa shape index (κ2) is 8.44. The molecule has 0 radical (unpaired) electrons. The lowest BCUT2D eigenvalue weighted by Crippen LogP contribution is -2.35. The van der Waals surface area contributed by atoms with Crippen LogP contribution in [-0.4, -0.2) is 51.6 Å². The van der Waals surface area contributed by atoms with Gasteiger partial charge in [0, 0.05) is 36.7 Å². The van der Waals surface area contributed by atoms with Gasteiger partial charge in [-0.05, 0) is 76.8 Å². The number of aromatic nitrogens is 2. The number of nitrogens with zero attached hydrogens (tertiary/aromatic N) is 4. The summed E-state index contributed by atoms with van der Waals surface area (Å²) in [5, 5.41) is 4.42. The third-order valence-electron chi connectivity index (χ3n) is 6.52.